The van der Waals surface area contributed by atoms with Crippen molar-refractivity contribution >= 4 is 47.0 Å². The number of anilines is 2. The van der Waals surface area contributed by atoms with E-state index in [4.69, 9.17) is 11.6 Å². The number of halogens is 4. The summed E-state index contributed by atoms with van der Waals surface area (Å²) in [5, 5.41) is 19.0. The fourth-order valence-electron chi connectivity index (χ4n) is 4.68. The third kappa shape index (κ3) is 7.23. The zero-order chi connectivity index (χ0) is 33.0. The third-order valence-electron chi connectivity index (χ3n) is 6.85. The largest absolute Gasteiger partial charge is 0.453 e. The number of methoxy groups -OCH3 is 1. The Morgan fingerprint density at radius 2 is 2.00 bits per heavy atom. The summed E-state index contributed by atoms with van der Waals surface area (Å²) in [6.45, 7) is 1.69. The maximum Gasteiger partial charge on any atom is 0.411 e. The number of aromatic nitrogens is 6. The van der Waals surface area contributed by atoms with Crippen molar-refractivity contribution in [2.24, 2.45) is 5.92 Å². The molecule has 2 aromatic heterocycles. The van der Waals surface area contributed by atoms with E-state index in [0.29, 0.717) is 27.7 Å². The molecule has 0 aliphatic carbocycles. The maximum atomic E-state index is 14.0. The average molecular weight is 656 g/mol. The number of nitrogens with zero attached hydrogens (tertiary/aromatic N) is 5. The van der Waals surface area contributed by atoms with E-state index >= 15 is 0 Å². The van der Waals surface area contributed by atoms with Crippen molar-refractivity contribution in [3.63, 3.8) is 0 Å². The fourth-order valence-corrected chi connectivity index (χ4v) is 4.86. The number of tetrazole rings is 1. The summed E-state index contributed by atoms with van der Waals surface area (Å²) in [7, 11) is 1.15. The van der Waals surface area contributed by atoms with Gasteiger partial charge in [0.05, 0.1) is 30.2 Å². The summed E-state index contributed by atoms with van der Waals surface area (Å²) < 4.78 is 48.0. The number of carbonyl (C=O) groups excluding carboxylic acids is 3. The summed E-state index contributed by atoms with van der Waals surface area (Å²) in [5.74, 6) is -4.19. The molecule has 0 saturated carbocycles. The maximum absolute atomic E-state index is 14.0. The van der Waals surface area contributed by atoms with Gasteiger partial charge in [-0.15, -0.1) is 5.10 Å². The SMILES string of the molecule is COC(=O)Nc1ccc2c(c1)NC(=O)[C@@H](C(F)(F)F)/C=C\CC(NC(=O)/C=C/c1cc(Cl)ccc1-n1cnnn1)c1nc-2c(C)[nH]1. The molecule has 46 heavy (non-hydrogen) atoms. The predicted octanol–water partition coefficient (Wildman–Crippen LogP) is 5.14. The van der Waals surface area contributed by atoms with Gasteiger partial charge in [0.25, 0.3) is 0 Å². The number of aryl methyl sites for hydroxylation is 1. The van der Waals surface area contributed by atoms with Crippen LogP contribution in [0.5, 0.6) is 0 Å². The van der Waals surface area contributed by atoms with E-state index < -0.39 is 36.0 Å². The van der Waals surface area contributed by atoms with Gasteiger partial charge in [-0.2, -0.15) is 17.9 Å². The minimum absolute atomic E-state index is 0.0355. The quantitative estimate of drug-likeness (QED) is 0.169. The number of carbonyl (C=O) groups is 3. The molecule has 3 heterocycles. The van der Waals surface area contributed by atoms with Crippen molar-refractivity contribution in [3.8, 4) is 16.9 Å². The fraction of sp³-hybridized carbons (Fsp3) is 0.207. The third-order valence-corrected chi connectivity index (χ3v) is 7.08. The molecular weight excluding hydrogens is 631 g/mol. The lowest BCUT2D eigenvalue weighted by Crippen LogP contribution is -2.34. The first-order valence-corrected chi connectivity index (χ1v) is 13.9. The van der Waals surface area contributed by atoms with Gasteiger partial charge in [0.1, 0.15) is 12.2 Å². The summed E-state index contributed by atoms with van der Waals surface area (Å²) in [5.41, 5.74) is 2.27. The van der Waals surface area contributed by atoms with Gasteiger partial charge in [0.15, 0.2) is 5.92 Å². The van der Waals surface area contributed by atoms with Crippen molar-refractivity contribution in [1.82, 2.24) is 35.5 Å². The smallest absolute Gasteiger partial charge is 0.411 e. The highest BCUT2D eigenvalue weighted by Crippen LogP contribution is 2.36. The zero-order valence-electron chi connectivity index (χ0n) is 24.1. The average Bonchev–Trinajstić information content (AvgIpc) is 3.67. The van der Waals surface area contributed by atoms with Crippen molar-refractivity contribution in [1.29, 1.82) is 0 Å². The Hall–Kier alpha value is -5.51. The minimum Gasteiger partial charge on any atom is -0.453 e. The second-order valence-electron chi connectivity index (χ2n) is 10.00. The molecule has 13 nitrogen and oxygen atoms in total. The van der Waals surface area contributed by atoms with Crippen molar-refractivity contribution in [2.45, 2.75) is 25.6 Å². The Balaban J connectivity index is 1.50. The Kier molecular flexibility index (Phi) is 9.18. The molecule has 2 atom stereocenters. The number of benzene rings is 2. The summed E-state index contributed by atoms with van der Waals surface area (Å²) >= 11 is 6.16. The van der Waals surface area contributed by atoms with E-state index in [1.165, 1.54) is 41.4 Å². The molecule has 5 rings (SSSR count). The van der Waals surface area contributed by atoms with Gasteiger partial charge in [-0.25, -0.2) is 9.78 Å². The molecule has 0 saturated heterocycles. The lowest BCUT2D eigenvalue weighted by atomic mass is 10.0. The Labute approximate surface area is 263 Å². The highest BCUT2D eigenvalue weighted by molar-refractivity contribution is 6.30. The molecule has 0 fully saturated rings. The normalized spacial score (nSPS) is 17.3. The van der Waals surface area contributed by atoms with Crippen LogP contribution in [0.1, 0.15) is 29.5 Å². The standard InChI is InChI=1S/C29H25ClF3N9O4/c1-15-25-19-9-8-18(36-28(45)46-2)13-22(19)38-27(44)20(29(31,32)33)4-3-5-21(26(35-15)39-25)37-24(43)11-6-16-12-17(30)7-10-23(16)42-14-34-40-41-42/h3-4,6-14,20-21H,5H2,1-2H3,(H,35,39)(H,36,45)(H,37,43)(H,38,44)/b4-3-,11-6+/t20-,21?/m0/s1. The number of amides is 3. The van der Waals surface area contributed by atoms with Crippen LogP contribution in [-0.4, -0.2) is 61.4 Å². The van der Waals surface area contributed by atoms with E-state index in [-0.39, 0.29) is 29.2 Å². The number of H-pyrrole nitrogens is 1. The van der Waals surface area contributed by atoms with Gasteiger partial charge in [-0.3, -0.25) is 14.9 Å². The first-order valence-electron chi connectivity index (χ1n) is 13.5. The number of nitrogens with one attached hydrogen (secondary N) is 4. The van der Waals surface area contributed by atoms with Crippen LogP contribution in [0.3, 0.4) is 0 Å². The molecule has 238 valence electrons. The number of hydrogen-bond donors (Lipinski definition) is 4. The number of fused-ring (bicyclic) bond motifs is 4. The van der Waals surface area contributed by atoms with E-state index in [1.54, 1.807) is 25.1 Å². The molecule has 0 spiro atoms. The highest BCUT2D eigenvalue weighted by Gasteiger charge is 2.43. The van der Waals surface area contributed by atoms with E-state index in [2.05, 4.69) is 46.2 Å². The van der Waals surface area contributed by atoms with E-state index in [1.807, 2.05) is 0 Å². The molecule has 1 aliphatic heterocycles. The molecule has 4 aromatic rings. The number of aromatic amines is 1. The number of ether oxygens (including phenoxy) is 1. The van der Waals surface area contributed by atoms with Gasteiger partial charge in [-0.1, -0.05) is 23.8 Å². The van der Waals surface area contributed by atoms with Crippen LogP contribution >= 0.6 is 11.6 Å². The van der Waals surface area contributed by atoms with Gasteiger partial charge in [0.2, 0.25) is 11.8 Å². The number of rotatable bonds is 5. The highest BCUT2D eigenvalue weighted by atomic mass is 35.5. The minimum atomic E-state index is -4.92. The monoisotopic (exact) mass is 655 g/mol. The summed E-state index contributed by atoms with van der Waals surface area (Å²) in [4.78, 5) is 45.6. The van der Waals surface area contributed by atoms with Crippen LogP contribution in [0.25, 0.3) is 23.0 Å². The molecular formula is C29H25ClF3N9O4. The van der Waals surface area contributed by atoms with Gasteiger partial charge in [-0.05, 0) is 66.2 Å². The van der Waals surface area contributed by atoms with E-state index in [0.717, 1.165) is 19.3 Å². The van der Waals surface area contributed by atoms with Crippen LogP contribution in [-0.2, 0) is 14.3 Å². The molecule has 4 N–H and O–H groups in total. The first kappa shape index (κ1) is 31.9. The molecule has 1 unspecified atom stereocenters. The molecule has 3 amide bonds. The Morgan fingerprint density at radius 1 is 1.20 bits per heavy atom. The number of alkyl halides is 3. The van der Waals surface area contributed by atoms with Gasteiger partial charge >= 0.3 is 12.3 Å². The van der Waals surface area contributed by atoms with Crippen LogP contribution in [0.2, 0.25) is 5.02 Å². The predicted molar refractivity (Wildman–Crippen MR) is 161 cm³/mol. The molecule has 2 aromatic carbocycles. The summed E-state index contributed by atoms with van der Waals surface area (Å²) in [6.07, 6.45) is 0.106. The van der Waals surface area contributed by atoms with E-state index in [9.17, 15) is 27.6 Å². The number of hydrogen-bond acceptors (Lipinski definition) is 8. The van der Waals surface area contributed by atoms with Crippen molar-refractivity contribution in [2.75, 3.05) is 17.7 Å². The Bertz CT molecular complexity index is 1840. The van der Waals surface area contributed by atoms with Gasteiger partial charge < -0.3 is 20.4 Å². The lowest BCUT2D eigenvalue weighted by molar-refractivity contribution is -0.169. The second-order valence-corrected chi connectivity index (χ2v) is 10.4. The molecule has 1 aliphatic rings. The second kappa shape index (κ2) is 13.2. The topological polar surface area (TPSA) is 169 Å². The van der Waals surface area contributed by atoms with Crippen LogP contribution in [0.4, 0.5) is 29.3 Å². The summed E-state index contributed by atoms with van der Waals surface area (Å²) in [6, 6.07) is 8.25. The number of imidazole rings is 1. The Morgan fingerprint density at radius 3 is 2.72 bits per heavy atom. The molecule has 2 bridgehead atoms. The van der Waals surface area contributed by atoms with Crippen molar-refractivity contribution < 1.29 is 32.3 Å². The van der Waals surface area contributed by atoms with Crippen molar-refractivity contribution in [3.05, 3.63) is 83.1 Å². The first-order chi connectivity index (χ1) is 21.9. The van der Waals surface area contributed by atoms with Gasteiger partial charge in [0, 0.05) is 33.6 Å². The van der Waals surface area contributed by atoms with Crippen LogP contribution in [0.15, 0.2) is 61.0 Å². The van der Waals surface area contributed by atoms with Crippen LogP contribution in [0, 0.1) is 12.8 Å². The van der Waals surface area contributed by atoms with Crippen LogP contribution < -0.4 is 16.0 Å². The molecule has 0 radical (unpaired) electrons. The lowest BCUT2D eigenvalue weighted by Gasteiger charge is -2.20. The zero-order valence-corrected chi connectivity index (χ0v) is 24.8. The molecule has 17 heteroatoms.